The van der Waals surface area contributed by atoms with E-state index in [0.717, 1.165) is 44.9 Å². The van der Waals surface area contributed by atoms with Crippen LogP contribution >= 0.6 is 0 Å². The molecule has 2 fully saturated rings. The molecule has 0 aromatic heterocycles. The monoisotopic (exact) mass is 323 g/mol. The van der Waals surface area contributed by atoms with Gasteiger partial charge in [-0.1, -0.05) is 32.1 Å². The zero-order valence-electron chi connectivity index (χ0n) is 14.5. The number of hydrogen-bond donors (Lipinski definition) is 3. The molecule has 0 aliphatic heterocycles. The molecule has 5 nitrogen and oxygen atoms in total. The van der Waals surface area contributed by atoms with E-state index in [0.29, 0.717) is 18.9 Å². The molecule has 132 valence electrons. The summed E-state index contributed by atoms with van der Waals surface area (Å²) in [5, 5.41) is 6.15. The number of hydrogen-bond acceptors (Lipinski definition) is 3. The molecule has 2 aliphatic rings. The second-order valence-corrected chi connectivity index (χ2v) is 7.40. The Morgan fingerprint density at radius 3 is 2.39 bits per heavy atom. The van der Waals surface area contributed by atoms with Crippen LogP contribution in [0.2, 0.25) is 0 Å². The van der Waals surface area contributed by atoms with Crippen LogP contribution in [0.3, 0.4) is 0 Å². The minimum absolute atomic E-state index is 0.0341. The van der Waals surface area contributed by atoms with E-state index in [1.54, 1.807) is 0 Å². The van der Waals surface area contributed by atoms with Gasteiger partial charge >= 0.3 is 0 Å². The summed E-state index contributed by atoms with van der Waals surface area (Å²) in [6, 6.07) is 0.104. The molecular formula is C18H33N3O2. The first-order chi connectivity index (χ1) is 11.1. The lowest BCUT2D eigenvalue weighted by Gasteiger charge is -2.31. The van der Waals surface area contributed by atoms with Crippen molar-refractivity contribution in [2.75, 3.05) is 6.54 Å². The van der Waals surface area contributed by atoms with Crippen LogP contribution in [0, 0.1) is 11.8 Å². The molecule has 0 aromatic rings. The van der Waals surface area contributed by atoms with Crippen molar-refractivity contribution in [2.24, 2.45) is 17.6 Å². The highest BCUT2D eigenvalue weighted by Crippen LogP contribution is 2.24. The summed E-state index contributed by atoms with van der Waals surface area (Å²) in [6.45, 7) is 2.56. The molecule has 5 heteroatoms. The molecule has 0 radical (unpaired) electrons. The van der Waals surface area contributed by atoms with Gasteiger partial charge in [0.15, 0.2) is 0 Å². The first-order valence-electron chi connectivity index (χ1n) is 9.40. The van der Waals surface area contributed by atoms with E-state index in [1.165, 1.54) is 12.8 Å². The summed E-state index contributed by atoms with van der Waals surface area (Å²) in [7, 11) is 0. The molecule has 3 unspecified atom stereocenters. The highest BCUT2D eigenvalue weighted by molar-refractivity contribution is 5.81. The molecule has 2 saturated carbocycles. The Bertz CT molecular complexity index is 394. The normalized spacial score (nSPS) is 27.2. The minimum atomic E-state index is -0.107. The van der Waals surface area contributed by atoms with Crippen molar-refractivity contribution in [1.29, 1.82) is 0 Å². The van der Waals surface area contributed by atoms with Crippen molar-refractivity contribution in [3.05, 3.63) is 0 Å². The molecular weight excluding hydrogens is 290 g/mol. The third-order valence-electron chi connectivity index (χ3n) is 5.41. The molecule has 0 heterocycles. The van der Waals surface area contributed by atoms with Crippen molar-refractivity contribution in [3.63, 3.8) is 0 Å². The molecule has 0 aromatic carbocycles. The summed E-state index contributed by atoms with van der Waals surface area (Å²) in [5.74, 6) is 0.711. The fourth-order valence-electron chi connectivity index (χ4n) is 4.00. The van der Waals surface area contributed by atoms with Crippen molar-refractivity contribution in [2.45, 2.75) is 83.2 Å². The maximum atomic E-state index is 12.2. The van der Waals surface area contributed by atoms with Gasteiger partial charge in [0.1, 0.15) is 0 Å². The standard InChI is InChI=1S/C18H33N3O2/c1-13(20-18(23)14-7-3-2-4-8-14)11-17(22)21-16-10-6-5-9-15(16)12-19/h13-16H,2-12,19H2,1H3,(H,20,23)(H,21,22). The maximum absolute atomic E-state index is 12.2. The second-order valence-electron chi connectivity index (χ2n) is 7.40. The first-order valence-corrected chi connectivity index (χ1v) is 9.40. The quantitative estimate of drug-likeness (QED) is 0.700. The van der Waals surface area contributed by atoms with Gasteiger partial charge < -0.3 is 16.4 Å². The van der Waals surface area contributed by atoms with Crippen LogP contribution in [0.5, 0.6) is 0 Å². The summed E-state index contributed by atoms with van der Waals surface area (Å²) < 4.78 is 0. The first kappa shape index (κ1) is 18.2. The Kier molecular flexibility index (Phi) is 7.34. The summed E-state index contributed by atoms with van der Waals surface area (Å²) >= 11 is 0. The minimum Gasteiger partial charge on any atom is -0.353 e. The molecule has 2 amide bonds. The van der Waals surface area contributed by atoms with Crippen molar-refractivity contribution in [3.8, 4) is 0 Å². The fourth-order valence-corrected chi connectivity index (χ4v) is 4.00. The van der Waals surface area contributed by atoms with Gasteiger partial charge in [0.05, 0.1) is 0 Å². The number of carbonyl (C=O) groups excluding carboxylic acids is 2. The molecule has 2 aliphatic carbocycles. The van der Waals surface area contributed by atoms with Gasteiger partial charge in [-0.3, -0.25) is 9.59 Å². The zero-order chi connectivity index (χ0) is 16.7. The molecule has 0 spiro atoms. The van der Waals surface area contributed by atoms with Gasteiger partial charge in [0.25, 0.3) is 0 Å². The maximum Gasteiger partial charge on any atom is 0.223 e. The van der Waals surface area contributed by atoms with Crippen molar-refractivity contribution < 1.29 is 9.59 Å². The Morgan fingerprint density at radius 2 is 1.70 bits per heavy atom. The second kappa shape index (κ2) is 9.26. The van der Waals surface area contributed by atoms with E-state index in [1.807, 2.05) is 6.92 Å². The van der Waals surface area contributed by atoms with Gasteiger partial charge in [0, 0.05) is 24.4 Å². The van der Waals surface area contributed by atoms with Gasteiger partial charge in [-0.05, 0) is 45.1 Å². The third-order valence-corrected chi connectivity index (χ3v) is 5.41. The summed E-state index contributed by atoms with van der Waals surface area (Å²) in [6.07, 6.45) is 10.4. The largest absolute Gasteiger partial charge is 0.353 e. The highest BCUT2D eigenvalue weighted by atomic mass is 16.2. The van der Waals surface area contributed by atoms with Crippen LogP contribution in [0.1, 0.15) is 71.1 Å². The molecule has 3 atom stereocenters. The van der Waals surface area contributed by atoms with Crippen LogP contribution < -0.4 is 16.4 Å². The predicted molar refractivity (Wildman–Crippen MR) is 91.7 cm³/mol. The van der Waals surface area contributed by atoms with Crippen LogP contribution in [0.25, 0.3) is 0 Å². The lowest BCUT2D eigenvalue weighted by atomic mass is 9.84. The number of nitrogens with one attached hydrogen (secondary N) is 2. The van der Waals surface area contributed by atoms with E-state index in [9.17, 15) is 9.59 Å². The van der Waals surface area contributed by atoms with Crippen molar-refractivity contribution >= 4 is 11.8 Å². The zero-order valence-corrected chi connectivity index (χ0v) is 14.5. The van der Waals surface area contributed by atoms with E-state index in [2.05, 4.69) is 10.6 Å². The fraction of sp³-hybridized carbons (Fsp3) is 0.889. The number of carbonyl (C=O) groups is 2. The van der Waals surface area contributed by atoms with Gasteiger partial charge in [-0.15, -0.1) is 0 Å². The highest BCUT2D eigenvalue weighted by Gasteiger charge is 2.26. The topological polar surface area (TPSA) is 84.2 Å². The summed E-state index contributed by atoms with van der Waals surface area (Å²) in [4.78, 5) is 24.5. The van der Waals surface area contributed by atoms with Crippen molar-refractivity contribution in [1.82, 2.24) is 10.6 Å². The summed E-state index contributed by atoms with van der Waals surface area (Å²) in [5.41, 5.74) is 5.81. The van der Waals surface area contributed by atoms with Crippen LogP contribution in [0.15, 0.2) is 0 Å². The molecule has 2 rings (SSSR count). The van der Waals surface area contributed by atoms with E-state index >= 15 is 0 Å². The molecule has 0 bridgehead atoms. The van der Waals surface area contributed by atoms with E-state index < -0.39 is 0 Å². The smallest absolute Gasteiger partial charge is 0.223 e. The number of rotatable bonds is 6. The lowest BCUT2D eigenvalue weighted by molar-refractivity contribution is -0.127. The Labute approximate surface area is 140 Å². The van der Waals surface area contributed by atoms with Crippen LogP contribution in [-0.4, -0.2) is 30.4 Å². The number of amides is 2. The Hall–Kier alpha value is -1.10. The van der Waals surface area contributed by atoms with E-state index in [-0.39, 0.29) is 29.8 Å². The predicted octanol–water partition coefficient (Wildman–Crippen LogP) is 2.10. The van der Waals surface area contributed by atoms with Gasteiger partial charge in [0.2, 0.25) is 11.8 Å². The Balaban J connectivity index is 1.72. The third kappa shape index (κ3) is 5.79. The SMILES string of the molecule is CC(CC(=O)NC1CCCCC1CN)NC(=O)C1CCCCC1. The van der Waals surface area contributed by atoms with E-state index in [4.69, 9.17) is 5.73 Å². The average Bonchev–Trinajstić information content (AvgIpc) is 2.55. The van der Waals surface area contributed by atoms with Gasteiger partial charge in [-0.2, -0.15) is 0 Å². The van der Waals surface area contributed by atoms with Gasteiger partial charge in [-0.25, -0.2) is 0 Å². The molecule has 0 saturated heterocycles. The average molecular weight is 323 g/mol. The van der Waals surface area contributed by atoms with Crippen LogP contribution in [0.4, 0.5) is 0 Å². The number of nitrogens with two attached hydrogens (primary N) is 1. The Morgan fingerprint density at radius 1 is 1.04 bits per heavy atom. The molecule has 4 N–H and O–H groups in total. The van der Waals surface area contributed by atoms with Crippen LogP contribution in [-0.2, 0) is 9.59 Å². The lowest BCUT2D eigenvalue weighted by Crippen LogP contribution is -2.47. The molecule has 23 heavy (non-hydrogen) atoms.